The lowest BCUT2D eigenvalue weighted by Crippen LogP contribution is -2.74. The predicted octanol–water partition coefficient (Wildman–Crippen LogP) is 11.8. The maximum Gasteiger partial charge on any atom is 0.460 e. The first-order chi connectivity index (χ1) is 21.4. The second kappa shape index (κ2) is 17.3. The molecule has 0 aromatic carbocycles. The van der Waals surface area contributed by atoms with Crippen LogP contribution in [0.4, 0.5) is 74.6 Å². The van der Waals surface area contributed by atoms with E-state index in [0.717, 1.165) is 44.9 Å². The Morgan fingerprint density at radius 3 is 1.08 bits per heavy atom. The van der Waals surface area contributed by atoms with E-state index < -0.39 is 74.9 Å². The highest BCUT2D eigenvalue weighted by Crippen LogP contribution is 2.65. The molecule has 0 spiro atoms. The highest BCUT2D eigenvalue weighted by atomic mass is 32.2. The summed E-state index contributed by atoms with van der Waals surface area (Å²) in [5.41, 5.74) is 0. The van der Waals surface area contributed by atoms with Gasteiger partial charge in [-0.15, -0.1) is 0 Å². The summed E-state index contributed by atoms with van der Waals surface area (Å²) in [6, 6.07) is 0. The third-order valence-corrected chi connectivity index (χ3v) is 8.48. The molecule has 20 heteroatoms. The van der Waals surface area contributed by atoms with Crippen molar-refractivity contribution in [1.82, 2.24) is 0 Å². The largest absolute Gasteiger partial charge is 0.460 e. The summed E-state index contributed by atoms with van der Waals surface area (Å²) in [7, 11) is 2.42. The van der Waals surface area contributed by atoms with E-state index in [1.807, 2.05) is 0 Å². The number of hydrogen-bond acceptors (Lipinski definition) is 2. The van der Waals surface area contributed by atoms with Crippen molar-refractivity contribution in [2.75, 3.05) is 27.2 Å². The first-order valence-electron chi connectivity index (χ1n) is 15.2. The van der Waals surface area contributed by atoms with E-state index in [9.17, 15) is 79.4 Å². The van der Waals surface area contributed by atoms with Gasteiger partial charge >= 0.3 is 47.0 Å². The SMILES string of the molecule is CCCCCCCCCCCCCCCC[N+](C)(C)CC(=O)SC(F)(F)C(F)(F)C(F)(F)C(F)(F)C(F)(F)C(F)(F)C(F)(F)C(F)(F)F. The zero-order chi connectivity index (χ0) is 38.1. The molecule has 0 aliphatic carbocycles. The molecule has 0 aliphatic rings. The minimum atomic E-state index is -8.69. The van der Waals surface area contributed by atoms with Crippen LogP contribution in [-0.4, -0.2) is 83.7 Å². The van der Waals surface area contributed by atoms with Crippen LogP contribution in [0.3, 0.4) is 0 Å². The van der Waals surface area contributed by atoms with E-state index in [2.05, 4.69) is 6.92 Å². The van der Waals surface area contributed by atoms with Crippen LogP contribution in [0, 0.1) is 0 Å². The maximum absolute atomic E-state index is 14.2. The number of halogens is 17. The fraction of sp³-hybridized carbons (Fsp3) is 0.964. The molecule has 0 radical (unpaired) electrons. The van der Waals surface area contributed by atoms with Crippen LogP contribution >= 0.6 is 11.8 Å². The molecule has 0 bridgehead atoms. The number of nitrogens with zero attached hydrogens (tertiary/aromatic N) is 1. The molecule has 0 unspecified atom stereocenters. The number of carbonyl (C=O) groups is 1. The minimum absolute atomic E-state index is 0.0370. The minimum Gasteiger partial charge on any atom is -0.322 e. The summed E-state index contributed by atoms with van der Waals surface area (Å²) in [4.78, 5) is 12.1. The molecule has 48 heavy (non-hydrogen) atoms. The van der Waals surface area contributed by atoms with Gasteiger partial charge in [-0.05, 0) is 24.6 Å². The van der Waals surface area contributed by atoms with Crippen molar-refractivity contribution in [3.8, 4) is 0 Å². The molecule has 0 atom stereocenters. The fourth-order valence-corrected chi connectivity index (χ4v) is 5.51. The second-order valence-electron chi connectivity index (χ2n) is 12.3. The van der Waals surface area contributed by atoms with Gasteiger partial charge in [-0.3, -0.25) is 4.79 Å². The molecule has 0 saturated carbocycles. The van der Waals surface area contributed by atoms with Gasteiger partial charge in [0.15, 0.2) is 0 Å². The molecular weight excluding hydrogens is 721 g/mol. The molecular formula is C28H41F17NOS+. The van der Waals surface area contributed by atoms with Crippen molar-refractivity contribution >= 4 is 16.9 Å². The summed E-state index contributed by atoms with van der Waals surface area (Å²) >= 11 is -2.04. The van der Waals surface area contributed by atoms with Crippen LogP contribution in [0.5, 0.6) is 0 Å². The topological polar surface area (TPSA) is 17.1 Å². The number of unbranched alkanes of at least 4 members (excludes halogenated alkanes) is 13. The number of hydrogen-bond donors (Lipinski definition) is 0. The second-order valence-corrected chi connectivity index (χ2v) is 13.5. The van der Waals surface area contributed by atoms with Crippen LogP contribution in [0.2, 0.25) is 0 Å². The van der Waals surface area contributed by atoms with E-state index in [1.54, 1.807) is 0 Å². The number of rotatable bonds is 24. The molecule has 0 aromatic heterocycles. The van der Waals surface area contributed by atoms with Gasteiger partial charge in [0.2, 0.25) is 5.12 Å². The van der Waals surface area contributed by atoms with Crippen molar-refractivity contribution in [2.24, 2.45) is 0 Å². The number of carbonyl (C=O) groups excluding carboxylic acids is 1. The Morgan fingerprint density at radius 2 is 0.750 bits per heavy atom. The molecule has 0 heterocycles. The molecule has 0 fully saturated rings. The van der Waals surface area contributed by atoms with Gasteiger partial charge in [-0.25, -0.2) is 0 Å². The molecule has 0 aromatic rings. The van der Waals surface area contributed by atoms with Crippen LogP contribution in [-0.2, 0) is 4.79 Å². The Morgan fingerprint density at radius 1 is 0.458 bits per heavy atom. The van der Waals surface area contributed by atoms with Crippen LogP contribution < -0.4 is 0 Å². The van der Waals surface area contributed by atoms with Gasteiger partial charge < -0.3 is 4.48 Å². The van der Waals surface area contributed by atoms with Crippen LogP contribution in [0.25, 0.3) is 0 Å². The number of likely N-dealkylation sites (N-methyl/N-ethyl adjacent to an activating group) is 1. The molecule has 0 saturated heterocycles. The Balaban J connectivity index is 5.20. The quantitative estimate of drug-likeness (QED) is 0.0553. The van der Waals surface area contributed by atoms with Crippen molar-refractivity contribution in [3.63, 3.8) is 0 Å². The van der Waals surface area contributed by atoms with Gasteiger partial charge in [-0.2, -0.15) is 74.6 Å². The van der Waals surface area contributed by atoms with Crippen LogP contribution in [0.15, 0.2) is 0 Å². The molecule has 0 rings (SSSR count). The van der Waals surface area contributed by atoms with E-state index in [1.165, 1.54) is 46.2 Å². The number of alkyl halides is 17. The predicted molar refractivity (Wildman–Crippen MR) is 145 cm³/mol. The maximum atomic E-state index is 14.2. The summed E-state index contributed by atoms with van der Waals surface area (Å²) in [5, 5.41) is -8.85. The van der Waals surface area contributed by atoms with Crippen LogP contribution in [0.1, 0.15) is 96.8 Å². The normalized spacial score (nSPS) is 14.9. The average molecular weight is 763 g/mol. The van der Waals surface area contributed by atoms with Crippen molar-refractivity contribution < 1.29 is 83.9 Å². The van der Waals surface area contributed by atoms with E-state index >= 15 is 0 Å². The number of thioether (sulfide) groups is 1. The summed E-state index contributed by atoms with van der Waals surface area (Å²) < 4.78 is 228. The Kier molecular flexibility index (Phi) is 16.9. The standard InChI is InChI=1S/C28H41F17NOS/c1-4-5-6-7-8-9-10-11-12-13-14-15-16-17-18-46(2,3)19-20(47)48-28(44,45)26(39,40)24(35,36)22(31,32)21(29,30)23(33,34)25(37,38)27(41,42)43/h4-19H2,1-3H3/q+1. The fourth-order valence-electron chi connectivity index (χ4n) is 4.55. The lowest BCUT2D eigenvalue weighted by molar-refractivity contribution is -0.882. The third kappa shape index (κ3) is 10.9. The highest BCUT2D eigenvalue weighted by Gasteiger charge is 2.95. The Bertz CT molecular complexity index is 984. The molecule has 2 nitrogen and oxygen atoms in total. The molecule has 288 valence electrons. The monoisotopic (exact) mass is 762 g/mol. The lowest BCUT2D eigenvalue weighted by atomic mass is 9.91. The van der Waals surface area contributed by atoms with E-state index in [4.69, 9.17) is 0 Å². The molecule has 0 N–H and O–H groups in total. The smallest absolute Gasteiger partial charge is 0.322 e. The molecule has 0 amide bonds. The highest BCUT2D eigenvalue weighted by molar-refractivity contribution is 8.14. The number of quaternary nitrogens is 1. The van der Waals surface area contributed by atoms with Crippen molar-refractivity contribution in [3.05, 3.63) is 0 Å². The first-order valence-corrected chi connectivity index (χ1v) is 16.0. The Hall–Kier alpha value is -1.21. The lowest BCUT2D eigenvalue weighted by Gasteiger charge is -2.42. The van der Waals surface area contributed by atoms with Gasteiger partial charge in [-0.1, -0.05) is 84.0 Å². The van der Waals surface area contributed by atoms with E-state index in [0.29, 0.717) is 12.8 Å². The van der Waals surface area contributed by atoms with Crippen molar-refractivity contribution in [1.29, 1.82) is 0 Å². The average Bonchev–Trinajstić information content (AvgIpc) is 2.91. The summed E-state index contributed by atoms with van der Waals surface area (Å²) in [6.45, 7) is 1.04. The summed E-state index contributed by atoms with van der Waals surface area (Å²) in [6.07, 6.45) is 6.10. The van der Waals surface area contributed by atoms with Gasteiger partial charge in [0.1, 0.15) is 6.54 Å². The Labute approximate surface area is 272 Å². The van der Waals surface area contributed by atoms with Crippen molar-refractivity contribution in [2.45, 2.75) is 144 Å². The first kappa shape index (κ1) is 46.8. The van der Waals surface area contributed by atoms with Gasteiger partial charge in [0.25, 0.3) is 0 Å². The van der Waals surface area contributed by atoms with E-state index in [-0.39, 0.29) is 6.54 Å². The molecule has 0 aliphatic heterocycles. The third-order valence-electron chi connectivity index (χ3n) is 7.61. The van der Waals surface area contributed by atoms with Gasteiger partial charge in [0.05, 0.1) is 20.6 Å². The van der Waals surface area contributed by atoms with Gasteiger partial charge in [0, 0.05) is 0 Å². The summed E-state index contributed by atoms with van der Waals surface area (Å²) in [5.74, 6) is -50.4. The zero-order valence-corrected chi connectivity index (χ0v) is 27.3. The zero-order valence-electron chi connectivity index (χ0n) is 26.5.